The number of rotatable bonds is 2. The summed E-state index contributed by atoms with van der Waals surface area (Å²) in [6.45, 7) is 0. The fraction of sp³-hybridized carbons (Fsp3) is 0. The lowest BCUT2D eigenvalue weighted by Crippen LogP contribution is -2.06. The highest BCUT2D eigenvalue weighted by atomic mass is 19.2. The molecule has 1 heterocycles. The molecule has 0 spiro atoms. The van der Waals surface area contributed by atoms with Crippen LogP contribution < -0.4 is 0 Å². The van der Waals surface area contributed by atoms with Crippen molar-refractivity contribution in [2.24, 2.45) is 0 Å². The maximum atomic E-state index is 13.2. The molecule has 0 amide bonds. The molecular weight excluding hydrogens is 221 g/mol. The minimum absolute atomic E-state index is 0.0740. The van der Waals surface area contributed by atoms with E-state index in [4.69, 9.17) is 0 Å². The summed E-state index contributed by atoms with van der Waals surface area (Å²) < 4.78 is 43.4. The molecule has 0 aliphatic heterocycles. The zero-order valence-electron chi connectivity index (χ0n) is 7.84. The summed E-state index contributed by atoms with van der Waals surface area (Å²) in [6.07, 6.45) is 2.33. The molecule has 1 aromatic heterocycles. The van der Waals surface area contributed by atoms with E-state index in [0.29, 0.717) is 6.07 Å². The summed E-state index contributed by atoms with van der Waals surface area (Å²) in [7, 11) is 0. The van der Waals surface area contributed by atoms with E-state index in [-0.39, 0.29) is 5.56 Å². The van der Waals surface area contributed by atoms with Crippen molar-refractivity contribution in [1.82, 2.24) is 0 Å². The van der Waals surface area contributed by atoms with Crippen LogP contribution in [-0.2, 0) is 0 Å². The van der Waals surface area contributed by atoms with Gasteiger partial charge in [0.1, 0.15) is 6.26 Å². The second-order valence-electron chi connectivity index (χ2n) is 3.06. The number of hydrogen-bond acceptors (Lipinski definition) is 2. The Balaban J connectivity index is 2.50. The van der Waals surface area contributed by atoms with Gasteiger partial charge < -0.3 is 4.42 Å². The van der Waals surface area contributed by atoms with E-state index in [1.807, 2.05) is 0 Å². The number of benzene rings is 1. The molecule has 1 aromatic carbocycles. The van der Waals surface area contributed by atoms with Crippen molar-refractivity contribution in [3.8, 4) is 0 Å². The van der Waals surface area contributed by atoms with Crippen LogP contribution in [0.1, 0.15) is 15.9 Å². The van der Waals surface area contributed by atoms with Crippen LogP contribution in [0, 0.1) is 17.5 Å². The standard InChI is InChI=1S/C11H5F3O2/c12-8-2-1-7(9(13)10(8)14)11(15)6-3-4-16-5-6/h1-5H. The molecule has 0 unspecified atom stereocenters. The van der Waals surface area contributed by atoms with E-state index in [9.17, 15) is 18.0 Å². The third-order valence-corrected chi connectivity index (χ3v) is 2.06. The highest BCUT2D eigenvalue weighted by Gasteiger charge is 2.20. The molecule has 0 radical (unpaired) electrons. The van der Waals surface area contributed by atoms with Gasteiger partial charge in [-0.25, -0.2) is 13.2 Å². The highest BCUT2D eigenvalue weighted by molar-refractivity contribution is 6.08. The van der Waals surface area contributed by atoms with Gasteiger partial charge >= 0.3 is 0 Å². The van der Waals surface area contributed by atoms with Crippen molar-refractivity contribution in [2.45, 2.75) is 0 Å². The largest absolute Gasteiger partial charge is 0.472 e. The Kier molecular flexibility index (Phi) is 2.52. The van der Waals surface area contributed by atoms with Gasteiger partial charge in [0.2, 0.25) is 0 Å². The van der Waals surface area contributed by atoms with Gasteiger partial charge in [0.15, 0.2) is 23.2 Å². The van der Waals surface area contributed by atoms with Crippen molar-refractivity contribution in [3.05, 3.63) is 59.3 Å². The van der Waals surface area contributed by atoms with Crippen molar-refractivity contribution < 1.29 is 22.4 Å². The first-order valence-electron chi connectivity index (χ1n) is 4.31. The van der Waals surface area contributed by atoms with Crippen molar-refractivity contribution in [2.75, 3.05) is 0 Å². The average Bonchev–Trinajstić information content (AvgIpc) is 2.79. The number of halogens is 3. The third-order valence-electron chi connectivity index (χ3n) is 2.06. The lowest BCUT2D eigenvalue weighted by Gasteiger charge is -2.01. The predicted molar refractivity (Wildman–Crippen MR) is 48.5 cm³/mol. The molecule has 0 saturated carbocycles. The molecule has 0 aliphatic rings. The Bertz CT molecular complexity index is 532. The summed E-state index contributed by atoms with van der Waals surface area (Å²) in [6, 6.07) is 2.90. The van der Waals surface area contributed by atoms with Gasteiger partial charge in [-0.2, -0.15) is 0 Å². The SMILES string of the molecule is O=C(c1ccoc1)c1ccc(F)c(F)c1F. The van der Waals surface area contributed by atoms with Gasteiger partial charge in [-0.05, 0) is 18.2 Å². The van der Waals surface area contributed by atoms with Crippen LogP contribution in [0.2, 0.25) is 0 Å². The first kappa shape index (κ1) is 10.5. The first-order chi connectivity index (χ1) is 7.61. The van der Waals surface area contributed by atoms with E-state index in [2.05, 4.69) is 4.42 Å². The molecular formula is C11H5F3O2. The van der Waals surface area contributed by atoms with Gasteiger partial charge in [0.25, 0.3) is 0 Å². The Morgan fingerprint density at radius 1 is 1.06 bits per heavy atom. The van der Waals surface area contributed by atoms with Gasteiger partial charge in [0.05, 0.1) is 17.4 Å². The Hall–Kier alpha value is -2.04. The summed E-state index contributed by atoms with van der Waals surface area (Å²) in [5.41, 5.74) is -0.454. The molecule has 0 fully saturated rings. The number of furan rings is 1. The molecule has 5 heteroatoms. The predicted octanol–water partition coefficient (Wildman–Crippen LogP) is 2.93. The van der Waals surface area contributed by atoms with E-state index in [1.54, 1.807) is 0 Å². The fourth-order valence-corrected chi connectivity index (χ4v) is 1.25. The Morgan fingerprint density at radius 2 is 1.81 bits per heavy atom. The highest BCUT2D eigenvalue weighted by Crippen LogP contribution is 2.18. The molecule has 16 heavy (non-hydrogen) atoms. The normalized spacial score (nSPS) is 10.4. The molecule has 0 aliphatic carbocycles. The second-order valence-corrected chi connectivity index (χ2v) is 3.06. The minimum Gasteiger partial charge on any atom is -0.472 e. The van der Waals surface area contributed by atoms with E-state index in [0.717, 1.165) is 12.3 Å². The number of carbonyl (C=O) groups is 1. The Labute approximate surface area is 88.3 Å². The maximum absolute atomic E-state index is 13.2. The van der Waals surface area contributed by atoms with Crippen LogP contribution >= 0.6 is 0 Å². The van der Waals surface area contributed by atoms with Crippen molar-refractivity contribution in [3.63, 3.8) is 0 Å². The molecule has 0 N–H and O–H groups in total. The van der Waals surface area contributed by atoms with Crippen molar-refractivity contribution >= 4 is 5.78 Å². The van der Waals surface area contributed by atoms with Gasteiger partial charge in [-0.1, -0.05) is 0 Å². The van der Waals surface area contributed by atoms with Gasteiger partial charge in [0, 0.05) is 0 Å². The van der Waals surface area contributed by atoms with Crippen molar-refractivity contribution in [1.29, 1.82) is 0 Å². The molecule has 0 atom stereocenters. The Morgan fingerprint density at radius 3 is 2.44 bits per heavy atom. The lowest BCUT2D eigenvalue weighted by atomic mass is 10.1. The summed E-state index contributed by atoms with van der Waals surface area (Å²) >= 11 is 0. The fourth-order valence-electron chi connectivity index (χ4n) is 1.25. The van der Waals surface area contributed by atoms with Crippen LogP contribution in [0.4, 0.5) is 13.2 Å². The van der Waals surface area contributed by atoms with E-state index < -0.39 is 28.8 Å². The summed E-state index contributed by atoms with van der Waals surface area (Å²) in [5.74, 6) is -5.24. The lowest BCUT2D eigenvalue weighted by molar-refractivity contribution is 0.103. The molecule has 2 nitrogen and oxygen atoms in total. The molecule has 82 valence electrons. The summed E-state index contributed by atoms with van der Waals surface area (Å²) in [5, 5.41) is 0. The first-order valence-corrected chi connectivity index (χ1v) is 4.31. The number of ketones is 1. The maximum Gasteiger partial charge on any atom is 0.199 e. The molecule has 2 aromatic rings. The topological polar surface area (TPSA) is 30.2 Å². The zero-order valence-corrected chi connectivity index (χ0v) is 7.84. The van der Waals surface area contributed by atoms with E-state index in [1.165, 1.54) is 12.3 Å². The van der Waals surface area contributed by atoms with Crippen LogP contribution in [0.25, 0.3) is 0 Å². The van der Waals surface area contributed by atoms with Crippen LogP contribution in [0.15, 0.2) is 35.1 Å². The quantitative estimate of drug-likeness (QED) is 0.582. The van der Waals surface area contributed by atoms with Crippen LogP contribution in [0.5, 0.6) is 0 Å². The van der Waals surface area contributed by atoms with Crippen LogP contribution in [0.3, 0.4) is 0 Å². The number of hydrogen-bond donors (Lipinski definition) is 0. The molecule has 0 bridgehead atoms. The number of carbonyl (C=O) groups excluding carboxylic acids is 1. The van der Waals surface area contributed by atoms with Gasteiger partial charge in [-0.15, -0.1) is 0 Å². The zero-order chi connectivity index (χ0) is 11.7. The second kappa shape index (κ2) is 3.84. The van der Waals surface area contributed by atoms with Gasteiger partial charge in [-0.3, -0.25) is 4.79 Å². The van der Waals surface area contributed by atoms with E-state index >= 15 is 0 Å². The smallest absolute Gasteiger partial charge is 0.199 e. The van der Waals surface area contributed by atoms with Crippen LogP contribution in [-0.4, -0.2) is 5.78 Å². The third kappa shape index (κ3) is 1.60. The molecule has 2 rings (SSSR count). The monoisotopic (exact) mass is 226 g/mol. The minimum atomic E-state index is -1.66. The molecule has 0 saturated heterocycles. The summed E-state index contributed by atoms with van der Waals surface area (Å²) in [4.78, 5) is 11.6. The average molecular weight is 226 g/mol.